The zero-order valence-electron chi connectivity index (χ0n) is 20.3. The van der Waals surface area contributed by atoms with Crippen LogP contribution in [0.15, 0.2) is 128 Å². The molecular formula is C32H22N5O+. The maximum atomic E-state index is 10.8. The van der Waals surface area contributed by atoms with Gasteiger partial charge in [0, 0.05) is 0 Å². The van der Waals surface area contributed by atoms with Crippen LogP contribution in [-0.2, 0) is 0 Å². The molecule has 180 valence electrons. The van der Waals surface area contributed by atoms with E-state index in [9.17, 15) is 5.11 Å². The van der Waals surface area contributed by atoms with Gasteiger partial charge in [0.25, 0.3) is 6.33 Å². The Morgan fingerprint density at radius 2 is 1.29 bits per heavy atom. The summed E-state index contributed by atoms with van der Waals surface area (Å²) in [5, 5.41) is 10.8. The third-order valence-corrected chi connectivity index (χ3v) is 7.26. The van der Waals surface area contributed by atoms with Crippen LogP contribution >= 0.6 is 0 Å². The molecule has 0 atom stereocenters. The Labute approximate surface area is 217 Å². The second-order valence-corrected chi connectivity index (χ2v) is 9.38. The molecule has 0 unspecified atom stereocenters. The lowest BCUT2D eigenvalue weighted by Gasteiger charge is -2.07. The molecule has 6 heteroatoms. The summed E-state index contributed by atoms with van der Waals surface area (Å²) < 4.78 is 8.63. The normalized spacial score (nSPS) is 11.8. The van der Waals surface area contributed by atoms with Crippen LogP contribution in [0.25, 0.3) is 55.9 Å². The largest absolute Gasteiger partial charge is 0.506 e. The molecule has 0 aliphatic carbocycles. The lowest BCUT2D eigenvalue weighted by Crippen LogP contribution is -2.29. The van der Waals surface area contributed by atoms with Gasteiger partial charge in [0.2, 0.25) is 5.78 Å². The smallest absolute Gasteiger partial charge is 0.255 e. The van der Waals surface area contributed by atoms with E-state index in [1.54, 1.807) is 6.07 Å². The third-order valence-electron chi connectivity index (χ3n) is 7.26. The molecule has 0 bridgehead atoms. The minimum atomic E-state index is 0.211. The highest BCUT2D eigenvalue weighted by molar-refractivity contribution is 5.95. The third kappa shape index (κ3) is 2.82. The molecule has 0 saturated carbocycles. The minimum absolute atomic E-state index is 0.211. The maximum Gasteiger partial charge on any atom is 0.255 e. The average molecular weight is 493 g/mol. The molecule has 3 heterocycles. The molecule has 0 aliphatic heterocycles. The van der Waals surface area contributed by atoms with Crippen molar-refractivity contribution >= 4 is 38.9 Å². The molecule has 0 saturated heterocycles. The monoisotopic (exact) mass is 492 g/mol. The van der Waals surface area contributed by atoms with E-state index in [4.69, 9.17) is 4.98 Å². The number of phenolic OH excluding ortho intramolecular Hbond substituents is 1. The van der Waals surface area contributed by atoms with Crippen molar-refractivity contribution in [1.82, 2.24) is 18.5 Å². The number of hydrogen-bond donors (Lipinski definition) is 1. The first-order valence-corrected chi connectivity index (χ1v) is 12.6. The fourth-order valence-corrected chi connectivity index (χ4v) is 5.59. The number of nitrogens with zero attached hydrogens (tertiary/aromatic N) is 5. The first-order valence-electron chi connectivity index (χ1n) is 12.6. The zero-order valence-corrected chi connectivity index (χ0v) is 20.3. The maximum absolute atomic E-state index is 10.8. The Kier molecular flexibility index (Phi) is 4.28. The van der Waals surface area contributed by atoms with E-state index in [1.807, 2.05) is 41.0 Å². The summed E-state index contributed by atoms with van der Waals surface area (Å²) in [7, 11) is 0. The van der Waals surface area contributed by atoms with Gasteiger partial charge < -0.3 is 5.11 Å². The molecule has 0 fully saturated rings. The lowest BCUT2D eigenvalue weighted by atomic mass is 10.2. The summed E-state index contributed by atoms with van der Waals surface area (Å²) in [6.07, 6.45) is 2.13. The topological polar surface area (TPSA) is 51.3 Å². The summed E-state index contributed by atoms with van der Waals surface area (Å²) in [6, 6.07) is 40.7. The van der Waals surface area contributed by atoms with Crippen LogP contribution in [0.4, 0.5) is 0 Å². The van der Waals surface area contributed by atoms with Crippen molar-refractivity contribution in [2.45, 2.75) is 0 Å². The van der Waals surface area contributed by atoms with Gasteiger partial charge in [0.05, 0.1) is 22.2 Å². The molecular weight excluding hydrogens is 470 g/mol. The molecule has 0 spiro atoms. The van der Waals surface area contributed by atoms with E-state index in [2.05, 4.69) is 98.7 Å². The highest BCUT2D eigenvalue weighted by Crippen LogP contribution is 2.33. The van der Waals surface area contributed by atoms with E-state index in [1.165, 1.54) is 0 Å². The van der Waals surface area contributed by atoms with Gasteiger partial charge in [0.15, 0.2) is 16.7 Å². The Hall–Kier alpha value is -5.36. The van der Waals surface area contributed by atoms with Crippen molar-refractivity contribution in [2.75, 3.05) is 0 Å². The summed E-state index contributed by atoms with van der Waals surface area (Å²) in [6.45, 7) is 0. The van der Waals surface area contributed by atoms with Crippen molar-refractivity contribution in [2.24, 2.45) is 0 Å². The van der Waals surface area contributed by atoms with Gasteiger partial charge >= 0.3 is 0 Å². The lowest BCUT2D eigenvalue weighted by molar-refractivity contribution is -0.566. The predicted octanol–water partition coefficient (Wildman–Crippen LogP) is 6.36. The summed E-state index contributed by atoms with van der Waals surface area (Å²) >= 11 is 0. The van der Waals surface area contributed by atoms with Gasteiger partial charge in [-0.1, -0.05) is 60.7 Å². The van der Waals surface area contributed by atoms with Gasteiger partial charge in [-0.15, -0.1) is 0 Å². The highest BCUT2D eigenvalue weighted by Gasteiger charge is 2.24. The van der Waals surface area contributed by atoms with Crippen LogP contribution in [0.5, 0.6) is 5.75 Å². The first kappa shape index (κ1) is 20.8. The van der Waals surface area contributed by atoms with Crippen molar-refractivity contribution in [3.63, 3.8) is 0 Å². The second-order valence-electron chi connectivity index (χ2n) is 9.38. The van der Waals surface area contributed by atoms with E-state index < -0.39 is 0 Å². The quantitative estimate of drug-likeness (QED) is 0.292. The summed E-state index contributed by atoms with van der Waals surface area (Å²) in [4.78, 5) is 5.22. The number of hydrogen-bond acceptors (Lipinski definition) is 2. The number of benzene rings is 5. The number of para-hydroxylation sites is 8. The number of aromatic nitrogens is 5. The Morgan fingerprint density at radius 1 is 0.605 bits per heavy atom. The van der Waals surface area contributed by atoms with E-state index >= 15 is 0 Å². The van der Waals surface area contributed by atoms with E-state index in [0.29, 0.717) is 5.69 Å². The average Bonchev–Trinajstić information content (AvgIpc) is 3.63. The summed E-state index contributed by atoms with van der Waals surface area (Å²) in [5.41, 5.74) is 8.90. The van der Waals surface area contributed by atoms with Crippen molar-refractivity contribution in [3.05, 3.63) is 128 Å². The fraction of sp³-hybridized carbons (Fsp3) is 0. The second kappa shape index (κ2) is 7.82. The molecule has 38 heavy (non-hydrogen) atoms. The van der Waals surface area contributed by atoms with Crippen LogP contribution in [0.1, 0.15) is 0 Å². The van der Waals surface area contributed by atoms with Crippen LogP contribution in [-0.4, -0.2) is 23.6 Å². The number of imidazole rings is 3. The fourth-order valence-electron chi connectivity index (χ4n) is 5.59. The molecule has 0 amide bonds. The predicted molar refractivity (Wildman–Crippen MR) is 150 cm³/mol. The van der Waals surface area contributed by atoms with Crippen LogP contribution in [0, 0.1) is 0 Å². The molecule has 3 aromatic heterocycles. The zero-order chi connectivity index (χ0) is 25.2. The minimum Gasteiger partial charge on any atom is -0.506 e. The molecule has 8 aromatic rings. The molecule has 6 nitrogen and oxygen atoms in total. The van der Waals surface area contributed by atoms with E-state index in [-0.39, 0.29) is 5.75 Å². The molecule has 5 aromatic carbocycles. The van der Waals surface area contributed by atoms with Crippen molar-refractivity contribution in [3.8, 4) is 22.8 Å². The summed E-state index contributed by atoms with van der Waals surface area (Å²) in [5.74, 6) is 0.964. The Balaban J connectivity index is 1.47. The molecule has 8 rings (SSSR count). The van der Waals surface area contributed by atoms with Gasteiger partial charge in [-0.3, -0.25) is 8.97 Å². The standard InChI is InChI=1S/C32H21N5O/c38-30-20-9-8-17-27(30)36-25-15-6-7-16-26(25)37-29-19-10-18-28(31(29)33-32(36)37)35-21-34(22-11-2-1-3-12-22)23-13-4-5-14-24(23)35/h1-21H/p+1. The highest BCUT2D eigenvalue weighted by atomic mass is 16.3. The SMILES string of the molecule is Oc1ccccc1-n1c2ccccc2n2c3cccc(-[n+]4cn(-c5ccccc5)c5ccccc54)c3nc12. The van der Waals surface area contributed by atoms with Gasteiger partial charge in [-0.05, 0) is 60.7 Å². The Bertz CT molecular complexity index is 2150. The van der Waals surface area contributed by atoms with Gasteiger partial charge in [0.1, 0.15) is 17.0 Å². The van der Waals surface area contributed by atoms with Crippen molar-refractivity contribution < 1.29 is 9.67 Å². The van der Waals surface area contributed by atoms with Crippen LogP contribution in [0.2, 0.25) is 0 Å². The molecule has 0 aliphatic rings. The van der Waals surface area contributed by atoms with E-state index in [0.717, 1.165) is 50.3 Å². The van der Waals surface area contributed by atoms with Crippen LogP contribution in [0.3, 0.4) is 0 Å². The number of phenols is 1. The first-order chi connectivity index (χ1) is 18.8. The van der Waals surface area contributed by atoms with Gasteiger partial charge in [-0.2, -0.15) is 9.13 Å². The number of aromatic hydroxyl groups is 1. The van der Waals surface area contributed by atoms with Gasteiger partial charge in [-0.25, -0.2) is 4.98 Å². The molecule has 1 N–H and O–H groups in total. The number of fused-ring (bicyclic) bond motifs is 6. The van der Waals surface area contributed by atoms with Crippen molar-refractivity contribution in [1.29, 1.82) is 0 Å². The van der Waals surface area contributed by atoms with Crippen LogP contribution < -0.4 is 4.57 Å². The number of rotatable bonds is 3. The Morgan fingerprint density at radius 3 is 2.13 bits per heavy atom. The molecule has 0 radical (unpaired) electrons.